The number of benzene rings is 1. The summed E-state index contributed by atoms with van der Waals surface area (Å²) in [6.07, 6.45) is 3.02. The van der Waals surface area contributed by atoms with Crippen LogP contribution in [0.15, 0.2) is 23.1 Å². The summed E-state index contributed by atoms with van der Waals surface area (Å²) < 4.78 is 23.0. The van der Waals surface area contributed by atoms with Crippen LogP contribution in [0.1, 0.15) is 30.1 Å². The molecule has 1 amide bonds. The zero-order chi connectivity index (χ0) is 14.2. The minimum atomic E-state index is -3.37. The summed E-state index contributed by atoms with van der Waals surface area (Å²) in [5.41, 5.74) is 6.21. The Morgan fingerprint density at radius 2 is 1.95 bits per heavy atom. The van der Waals surface area contributed by atoms with E-state index in [4.69, 9.17) is 5.73 Å². The van der Waals surface area contributed by atoms with Crippen molar-refractivity contribution in [3.8, 4) is 0 Å². The molecule has 1 aliphatic rings. The number of hydrogen-bond acceptors (Lipinski definition) is 4. The van der Waals surface area contributed by atoms with E-state index < -0.39 is 9.84 Å². The summed E-state index contributed by atoms with van der Waals surface area (Å²) >= 11 is 0. The Balaban J connectivity index is 2.20. The standard InChI is InChI=1S/C13H18N2O3S/c1-8-3-11(4-8)15-13(16)9-5-10(14)7-12(6-9)19(2,17)18/h5-8,11H,3-4,14H2,1-2H3,(H,15,16). The lowest BCUT2D eigenvalue weighted by Gasteiger charge is -2.33. The van der Waals surface area contributed by atoms with Crippen LogP contribution in [0.4, 0.5) is 5.69 Å². The van der Waals surface area contributed by atoms with Gasteiger partial charge in [-0.2, -0.15) is 0 Å². The molecule has 2 rings (SSSR count). The predicted molar refractivity (Wildman–Crippen MR) is 73.6 cm³/mol. The van der Waals surface area contributed by atoms with Crippen molar-refractivity contribution in [2.24, 2.45) is 5.92 Å². The lowest BCUT2D eigenvalue weighted by molar-refractivity contribution is 0.0896. The third kappa shape index (κ3) is 3.26. The first-order valence-corrected chi connectivity index (χ1v) is 8.06. The van der Waals surface area contributed by atoms with Gasteiger partial charge >= 0.3 is 0 Å². The summed E-state index contributed by atoms with van der Waals surface area (Å²) in [5, 5.41) is 2.88. The third-order valence-corrected chi connectivity index (χ3v) is 4.42. The summed E-state index contributed by atoms with van der Waals surface area (Å²) in [4.78, 5) is 12.1. The fourth-order valence-corrected chi connectivity index (χ4v) is 2.95. The SMILES string of the molecule is CC1CC(NC(=O)c2cc(N)cc(S(C)(=O)=O)c2)C1. The molecule has 1 aromatic carbocycles. The zero-order valence-corrected chi connectivity index (χ0v) is 11.8. The van der Waals surface area contributed by atoms with Crippen molar-refractivity contribution in [2.45, 2.75) is 30.7 Å². The lowest BCUT2D eigenvalue weighted by atomic mass is 9.82. The molecule has 0 unspecified atom stereocenters. The summed E-state index contributed by atoms with van der Waals surface area (Å²) in [7, 11) is -3.37. The maximum absolute atomic E-state index is 12.0. The van der Waals surface area contributed by atoms with E-state index in [1.165, 1.54) is 18.2 Å². The van der Waals surface area contributed by atoms with E-state index in [1.54, 1.807) is 0 Å². The highest BCUT2D eigenvalue weighted by Crippen LogP contribution is 2.26. The predicted octanol–water partition coefficient (Wildman–Crippen LogP) is 1.20. The number of sulfone groups is 1. The number of carbonyl (C=O) groups excluding carboxylic acids is 1. The fraction of sp³-hybridized carbons (Fsp3) is 0.462. The van der Waals surface area contributed by atoms with E-state index in [9.17, 15) is 13.2 Å². The Morgan fingerprint density at radius 1 is 1.32 bits per heavy atom. The maximum Gasteiger partial charge on any atom is 0.251 e. The van der Waals surface area contributed by atoms with Gasteiger partial charge in [-0.3, -0.25) is 4.79 Å². The molecular formula is C13H18N2O3S. The number of amides is 1. The first-order valence-electron chi connectivity index (χ1n) is 6.17. The molecule has 1 saturated carbocycles. The Bertz CT molecular complexity index is 604. The number of nitrogens with one attached hydrogen (secondary N) is 1. The van der Waals surface area contributed by atoms with Crippen LogP contribution in [0.2, 0.25) is 0 Å². The smallest absolute Gasteiger partial charge is 0.251 e. The maximum atomic E-state index is 12.0. The number of nitrogen functional groups attached to an aromatic ring is 1. The van der Waals surface area contributed by atoms with Crippen LogP contribution in [0, 0.1) is 5.92 Å². The Kier molecular flexibility index (Phi) is 3.54. The van der Waals surface area contributed by atoms with E-state index in [0.717, 1.165) is 19.1 Å². The Labute approximate surface area is 113 Å². The first kappa shape index (κ1) is 13.9. The van der Waals surface area contributed by atoms with Crippen molar-refractivity contribution in [1.82, 2.24) is 5.32 Å². The minimum Gasteiger partial charge on any atom is -0.399 e. The molecule has 0 saturated heterocycles. The van der Waals surface area contributed by atoms with Gasteiger partial charge in [0.1, 0.15) is 0 Å². The lowest BCUT2D eigenvalue weighted by Crippen LogP contribution is -2.43. The average molecular weight is 282 g/mol. The molecule has 0 heterocycles. The molecule has 0 atom stereocenters. The second kappa shape index (κ2) is 4.85. The van der Waals surface area contributed by atoms with E-state index >= 15 is 0 Å². The number of hydrogen-bond donors (Lipinski definition) is 2. The van der Waals surface area contributed by atoms with Gasteiger partial charge in [-0.15, -0.1) is 0 Å². The Morgan fingerprint density at radius 3 is 2.47 bits per heavy atom. The van der Waals surface area contributed by atoms with Crippen molar-refractivity contribution in [1.29, 1.82) is 0 Å². The third-order valence-electron chi connectivity index (χ3n) is 3.33. The van der Waals surface area contributed by atoms with E-state index in [2.05, 4.69) is 12.2 Å². The van der Waals surface area contributed by atoms with Gasteiger partial charge in [0.05, 0.1) is 4.90 Å². The highest BCUT2D eigenvalue weighted by atomic mass is 32.2. The molecular weight excluding hydrogens is 264 g/mol. The summed E-state index contributed by atoms with van der Waals surface area (Å²) in [6.45, 7) is 2.13. The van der Waals surface area contributed by atoms with Crippen LogP contribution in [-0.4, -0.2) is 26.6 Å². The topological polar surface area (TPSA) is 89.3 Å². The normalized spacial score (nSPS) is 22.6. The van der Waals surface area contributed by atoms with Crippen molar-refractivity contribution < 1.29 is 13.2 Å². The molecule has 3 N–H and O–H groups in total. The molecule has 0 spiro atoms. The second-order valence-electron chi connectivity index (χ2n) is 5.31. The summed E-state index contributed by atoms with van der Waals surface area (Å²) in [5.74, 6) is 0.367. The molecule has 0 radical (unpaired) electrons. The van der Waals surface area contributed by atoms with E-state index in [-0.39, 0.29) is 22.5 Å². The Hall–Kier alpha value is -1.56. The number of carbonyl (C=O) groups is 1. The molecule has 6 heteroatoms. The van der Waals surface area contributed by atoms with Crippen LogP contribution >= 0.6 is 0 Å². The fourth-order valence-electron chi connectivity index (χ4n) is 2.26. The number of rotatable bonds is 3. The van der Waals surface area contributed by atoms with Gasteiger partial charge in [-0.1, -0.05) is 6.92 Å². The van der Waals surface area contributed by atoms with Crippen LogP contribution in [0.3, 0.4) is 0 Å². The van der Waals surface area contributed by atoms with Crippen molar-refractivity contribution >= 4 is 21.4 Å². The van der Waals surface area contributed by atoms with Crippen molar-refractivity contribution in [2.75, 3.05) is 12.0 Å². The highest BCUT2D eigenvalue weighted by Gasteiger charge is 2.27. The van der Waals surface area contributed by atoms with E-state index in [0.29, 0.717) is 11.5 Å². The molecule has 1 aromatic rings. The van der Waals surface area contributed by atoms with Crippen LogP contribution in [-0.2, 0) is 9.84 Å². The average Bonchev–Trinajstić information content (AvgIpc) is 2.24. The molecule has 0 aromatic heterocycles. The van der Waals surface area contributed by atoms with Gasteiger partial charge in [0.25, 0.3) is 5.91 Å². The van der Waals surface area contributed by atoms with Crippen LogP contribution in [0.25, 0.3) is 0 Å². The minimum absolute atomic E-state index is 0.0691. The monoisotopic (exact) mass is 282 g/mol. The van der Waals surface area contributed by atoms with Gasteiger partial charge in [0, 0.05) is 23.5 Å². The van der Waals surface area contributed by atoms with Crippen molar-refractivity contribution in [3.63, 3.8) is 0 Å². The molecule has 0 aliphatic heterocycles. The van der Waals surface area contributed by atoms with Crippen molar-refractivity contribution in [3.05, 3.63) is 23.8 Å². The van der Waals surface area contributed by atoms with Gasteiger partial charge in [-0.05, 0) is 37.0 Å². The molecule has 1 aliphatic carbocycles. The number of anilines is 1. The largest absolute Gasteiger partial charge is 0.399 e. The molecule has 104 valence electrons. The van der Waals surface area contributed by atoms with Gasteiger partial charge < -0.3 is 11.1 Å². The quantitative estimate of drug-likeness (QED) is 0.815. The molecule has 0 bridgehead atoms. The summed E-state index contributed by atoms with van der Waals surface area (Å²) in [6, 6.07) is 4.40. The van der Waals surface area contributed by atoms with Crippen LogP contribution < -0.4 is 11.1 Å². The molecule has 5 nitrogen and oxygen atoms in total. The van der Waals surface area contributed by atoms with Gasteiger partial charge in [0.15, 0.2) is 9.84 Å². The zero-order valence-electron chi connectivity index (χ0n) is 11.0. The van der Waals surface area contributed by atoms with Crippen LogP contribution in [0.5, 0.6) is 0 Å². The highest BCUT2D eigenvalue weighted by molar-refractivity contribution is 7.90. The van der Waals surface area contributed by atoms with Gasteiger partial charge in [0.2, 0.25) is 0 Å². The van der Waals surface area contributed by atoms with E-state index in [1.807, 2.05) is 0 Å². The second-order valence-corrected chi connectivity index (χ2v) is 7.33. The molecule has 19 heavy (non-hydrogen) atoms. The number of nitrogens with two attached hydrogens (primary N) is 1. The van der Waals surface area contributed by atoms with Gasteiger partial charge in [-0.25, -0.2) is 8.42 Å². The molecule has 1 fully saturated rings. The first-order chi connectivity index (χ1) is 8.75.